The molecule has 0 aromatic heterocycles. The maximum atomic E-state index is 12.7. The van der Waals surface area contributed by atoms with Gasteiger partial charge in [0.1, 0.15) is 18.1 Å². The molecule has 0 unspecified atom stereocenters. The zero-order valence-corrected chi connectivity index (χ0v) is 18.3. The number of Topliss-reactive ketones (excluding diaryl/α,β-unsaturated/α-hetero) is 1. The minimum Gasteiger partial charge on any atom is -0.481 e. The van der Waals surface area contributed by atoms with E-state index in [1.54, 1.807) is 25.1 Å². The lowest BCUT2D eigenvalue weighted by Gasteiger charge is -2.11. The smallest absolute Gasteiger partial charge is 0.344 e. The molecule has 0 fully saturated rings. The molecule has 1 aliphatic rings. The molecule has 0 bridgehead atoms. The zero-order chi connectivity index (χ0) is 21.8. The number of halogens is 1. The molecule has 0 atom stereocenters. The van der Waals surface area contributed by atoms with E-state index in [1.165, 1.54) is 0 Å². The second-order valence-electron chi connectivity index (χ2n) is 6.99. The van der Waals surface area contributed by atoms with Gasteiger partial charge in [-0.2, -0.15) is 0 Å². The number of hydrogen-bond donors (Lipinski definition) is 0. The fourth-order valence-corrected chi connectivity index (χ4v) is 3.42. The third-order valence-corrected chi connectivity index (χ3v) is 5.32. The van der Waals surface area contributed by atoms with Crippen LogP contribution in [0.3, 0.4) is 0 Å². The number of benzene rings is 3. The van der Waals surface area contributed by atoms with E-state index in [0.717, 1.165) is 15.6 Å². The van der Waals surface area contributed by atoms with Crippen LogP contribution in [0.4, 0.5) is 0 Å². The summed E-state index contributed by atoms with van der Waals surface area (Å²) in [6.45, 7) is 1.75. The van der Waals surface area contributed by atoms with Crippen LogP contribution in [0.25, 0.3) is 6.08 Å². The van der Waals surface area contributed by atoms with E-state index in [2.05, 4.69) is 15.9 Å². The largest absolute Gasteiger partial charge is 0.481 e. The molecule has 0 saturated heterocycles. The molecule has 6 heteroatoms. The molecule has 0 spiro atoms. The van der Waals surface area contributed by atoms with Crippen molar-refractivity contribution >= 4 is 33.8 Å². The van der Waals surface area contributed by atoms with E-state index in [-0.39, 0.29) is 24.8 Å². The summed E-state index contributed by atoms with van der Waals surface area (Å²) in [5.41, 5.74) is 2.89. The number of carbonyl (C=O) groups excluding carboxylic acids is 2. The molecule has 0 saturated carbocycles. The summed E-state index contributed by atoms with van der Waals surface area (Å²) in [5.74, 6) is 0.503. The van der Waals surface area contributed by atoms with E-state index in [1.807, 2.05) is 54.6 Å². The third kappa shape index (κ3) is 4.86. The Balaban J connectivity index is 1.42. The van der Waals surface area contributed by atoms with E-state index < -0.39 is 5.97 Å². The van der Waals surface area contributed by atoms with Crippen LogP contribution in [0.2, 0.25) is 0 Å². The quantitative estimate of drug-likeness (QED) is 0.346. The highest BCUT2D eigenvalue weighted by molar-refractivity contribution is 9.10. The molecule has 0 N–H and O–H groups in total. The molecular weight excluding hydrogens is 460 g/mol. The van der Waals surface area contributed by atoms with Crippen molar-refractivity contribution in [3.8, 4) is 11.5 Å². The molecule has 1 aliphatic heterocycles. The van der Waals surface area contributed by atoms with Gasteiger partial charge in [-0.25, -0.2) is 4.79 Å². The predicted molar refractivity (Wildman–Crippen MR) is 120 cm³/mol. The Morgan fingerprint density at radius 3 is 2.52 bits per heavy atom. The summed E-state index contributed by atoms with van der Waals surface area (Å²) in [6.07, 6.45) is 1.70. The highest BCUT2D eigenvalue weighted by Crippen LogP contribution is 2.39. The normalized spacial score (nSPS) is 13.6. The van der Waals surface area contributed by atoms with Crippen LogP contribution in [0.15, 0.2) is 77.0 Å². The first-order valence-corrected chi connectivity index (χ1v) is 10.5. The van der Waals surface area contributed by atoms with Crippen molar-refractivity contribution in [1.82, 2.24) is 0 Å². The standard InChI is InChI=1S/C25H19BrO5/c1-16-21(29-15-23(27)30-14-18-5-3-2-4-6-18)12-11-20-24(28)22(31-25(16)20)13-17-7-9-19(26)10-8-17/h2-13H,14-15H2,1H3/b22-13-. The summed E-state index contributed by atoms with van der Waals surface area (Å²) >= 11 is 3.39. The molecule has 31 heavy (non-hydrogen) atoms. The SMILES string of the molecule is Cc1c(OCC(=O)OCc2ccccc2)ccc2c1O/C(=C\c1ccc(Br)cc1)C2=O. The molecule has 0 aliphatic carbocycles. The molecule has 1 heterocycles. The topological polar surface area (TPSA) is 61.8 Å². The molecule has 0 radical (unpaired) electrons. The lowest BCUT2D eigenvalue weighted by molar-refractivity contribution is -0.147. The van der Waals surface area contributed by atoms with Gasteiger partial charge in [0, 0.05) is 10.0 Å². The van der Waals surface area contributed by atoms with Crippen LogP contribution in [0.5, 0.6) is 11.5 Å². The molecule has 3 aromatic carbocycles. The molecule has 156 valence electrons. The van der Waals surface area contributed by atoms with Crippen molar-refractivity contribution in [2.75, 3.05) is 6.61 Å². The Kier molecular flexibility index (Phi) is 6.18. The van der Waals surface area contributed by atoms with Crippen LogP contribution < -0.4 is 9.47 Å². The minimum atomic E-state index is -0.475. The van der Waals surface area contributed by atoms with Gasteiger partial charge >= 0.3 is 5.97 Å². The van der Waals surface area contributed by atoms with Crippen molar-refractivity contribution in [2.24, 2.45) is 0 Å². The number of ether oxygens (including phenoxy) is 3. The predicted octanol–water partition coefficient (Wildman–Crippen LogP) is 5.50. The lowest BCUT2D eigenvalue weighted by Crippen LogP contribution is -2.15. The van der Waals surface area contributed by atoms with Crippen molar-refractivity contribution in [2.45, 2.75) is 13.5 Å². The summed E-state index contributed by atoms with van der Waals surface area (Å²) in [5, 5.41) is 0. The fraction of sp³-hybridized carbons (Fsp3) is 0.120. The van der Waals surface area contributed by atoms with E-state index in [0.29, 0.717) is 22.6 Å². The average Bonchev–Trinajstić information content (AvgIpc) is 3.10. The van der Waals surface area contributed by atoms with Gasteiger partial charge in [0.15, 0.2) is 12.4 Å². The van der Waals surface area contributed by atoms with Crippen LogP contribution in [0, 0.1) is 6.92 Å². The van der Waals surface area contributed by atoms with Gasteiger partial charge in [-0.15, -0.1) is 0 Å². The van der Waals surface area contributed by atoms with E-state index in [4.69, 9.17) is 14.2 Å². The summed E-state index contributed by atoms with van der Waals surface area (Å²) in [7, 11) is 0. The molecule has 4 rings (SSSR count). The van der Waals surface area contributed by atoms with Gasteiger partial charge < -0.3 is 14.2 Å². The molecule has 0 amide bonds. The number of carbonyl (C=O) groups is 2. The number of hydrogen-bond acceptors (Lipinski definition) is 5. The highest BCUT2D eigenvalue weighted by atomic mass is 79.9. The first kappa shape index (κ1) is 20.9. The van der Waals surface area contributed by atoms with Crippen LogP contribution in [0.1, 0.15) is 27.0 Å². The minimum absolute atomic E-state index is 0.185. The van der Waals surface area contributed by atoms with Crippen LogP contribution in [-0.2, 0) is 16.1 Å². The molecular formula is C25H19BrO5. The number of esters is 1. The van der Waals surface area contributed by atoms with Crippen molar-refractivity contribution < 1.29 is 23.8 Å². The fourth-order valence-electron chi connectivity index (χ4n) is 3.15. The second kappa shape index (κ2) is 9.18. The maximum Gasteiger partial charge on any atom is 0.344 e. The van der Waals surface area contributed by atoms with Crippen molar-refractivity contribution in [3.63, 3.8) is 0 Å². The number of fused-ring (bicyclic) bond motifs is 1. The summed E-state index contributed by atoms with van der Waals surface area (Å²) < 4.78 is 17.6. The Morgan fingerprint density at radius 2 is 1.77 bits per heavy atom. The summed E-state index contributed by atoms with van der Waals surface area (Å²) in [4.78, 5) is 24.7. The second-order valence-corrected chi connectivity index (χ2v) is 7.91. The first-order valence-electron chi connectivity index (χ1n) is 9.67. The Bertz CT molecular complexity index is 1150. The van der Waals surface area contributed by atoms with Gasteiger partial charge in [0.05, 0.1) is 5.56 Å². The first-order chi connectivity index (χ1) is 15.0. The average molecular weight is 479 g/mol. The van der Waals surface area contributed by atoms with Gasteiger partial charge in [-0.3, -0.25) is 4.79 Å². The number of allylic oxidation sites excluding steroid dienone is 1. The van der Waals surface area contributed by atoms with Gasteiger partial charge in [-0.1, -0.05) is 58.4 Å². The van der Waals surface area contributed by atoms with Gasteiger partial charge in [0.25, 0.3) is 0 Å². The van der Waals surface area contributed by atoms with E-state index in [9.17, 15) is 9.59 Å². The summed E-state index contributed by atoms with van der Waals surface area (Å²) in [6, 6.07) is 20.3. The Labute approximate surface area is 188 Å². The van der Waals surface area contributed by atoms with Crippen LogP contribution >= 0.6 is 15.9 Å². The molecule has 3 aromatic rings. The number of ketones is 1. The van der Waals surface area contributed by atoms with Gasteiger partial charge in [-0.05, 0) is 48.4 Å². The number of rotatable bonds is 6. The maximum absolute atomic E-state index is 12.7. The van der Waals surface area contributed by atoms with Crippen molar-refractivity contribution in [3.05, 3.63) is 99.2 Å². The third-order valence-electron chi connectivity index (χ3n) is 4.79. The van der Waals surface area contributed by atoms with Crippen molar-refractivity contribution in [1.29, 1.82) is 0 Å². The molecule has 5 nitrogen and oxygen atoms in total. The lowest BCUT2D eigenvalue weighted by atomic mass is 10.1. The zero-order valence-electron chi connectivity index (χ0n) is 16.8. The highest BCUT2D eigenvalue weighted by Gasteiger charge is 2.30. The Hall–Kier alpha value is -3.38. The monoisotopic (exact) mass is 478 g/mol. The Morgan fingerprint density at radius 1 is 1.03 bits per heavy atom. The van der Waals surface area contributed by atoms with Gasteiger partial charge in [0.2, 0.25) is 5.78 Å². The van der Waals surface area contributed by atoms with E-state index >= 15 is 0 Å². The van der Waals surface area contributed by atoms with Crippen LogP contribution in [-0.4, -0.2) is 18.4 Å².